The van der Waals surface area contributed by atoms with E-state index < -0.39 is 0 Å². The van der Waals surface area contributed by atoms with Crippen LogP contribution in [0.4, 0.5) is 0 Å². The van der Waals surface area contributed by atoms with Crippen molar-refractivity contribution in [2.24, 2.45) is 5.73 Å². The van der Waals surface area contributed by atoms with Crippen LogP contribution in [0.15, 0.2) is 0 Å². The van der Waals surface area contributed by atoms with E-state index in [-0.39, 0.29) is 6.29 Å². The van der Waals surface area contributed by atoms with E-state index in [1.54, 1.807) is 0 Å². The minimum Gasteiger partial charge on any atom is -0.303 e. The van der Waals surface area contributed by atoms with E-state index in [2.05, 4.69) is 31.0 Å². The van der Waals surface area contributed by atoms with Gasteiger partial charge in [0.2, 0.25) is 0 Å². The van der Waals surface area contributed by atoms with Crippen LogP contribution >= 0.6 is 0 Å². The van der Waals surface area contributed by atoms with Gasteiger partial charge in [0, 0.05) is 6.04 Å². The lowest BCUT2D eigenvalue weighted by Crippen LogP contribution is -2.52. The Morgan fingerprint density at radius 1 is 1.50 bits per heavy atom. The largest absolute Gasteiger partial charge is 0.303 e. The topological polar surface area (TPSA) is 41.3 Å². The van der Waals surface area contributed by atoms with Crippen LogP contribution in [0, 0.1) is 0 Å². The van der Waals surface area contributed by atoms with Gasteiger partial charge >= 0.3 is 0 Å². The summed E-state index contributed by atoms with van der Waals surface area (Å²) in [7, 11) is 2.00. The van der Waals surface area contributed by atoms with Crippen LogP contribution in [0.5, 0.6) is 0 Å². The van der Waals surface area contributed by atoms with Gasteiger partial charge in [0.05, 0.1) is 0 Å². The molecule has 0 radical (unpaired) electrons. The van der Waals surface area contributed by atoms with Crippen molar-refractivity contribution in [2.75, 3.05) is 13.6 Å². The molecule has 3 heteroatoms. The van der Waals surface area contributed by atoms with Crippen LogP contribution in [-0.2, 0) is 0 Å². The molecule has 0 bridgehead atoms. The molecule has 10 heavy (non-hydrogen) atoms. The second-order valence-corrected chi connectivity index (χ2v) is 2.84. The van der Waals surface area contributed by atoms with Gasteiger partial charge in [-0.1, -0.05) is 6.92 Å². The molecule has 0 amide bonds. The molecule has 3 N–H and O–H groups in total. The number of nitrogens with two attached hydrogens (primary N) is 1. The monoisotopic (exact) mass is 145 g/mol. The Kier molecular flexibility index (Phi) is 4.60. The fraction of sp³-hybridized carbons (Fsp3) is 1.00. The summed E-state index contributed by atoms with van der Waals surface area (Å²) < 4.78 is 0. The molecule has 0 rings (SSSR count). The summed E-state index contributed by atoms with van der Waals surface area (Å²) in [5, 5.41) is 3.20. The van der Waals surface area contributed by atoms with Gasteiger partial charge in [-0.05, 0) is 27.4 Å². The van der Waals surface area contributed by atoms with E-state index in [9.17, 15) is 0 Å². The molecule has 0 aliphatic rings. The molecule has 0 saturated carbocycles. The van der Waals surface area contributed by atoms with Crippen molar-refractivity contribution in [1.29, 1.82) is 0 Å². The number of nitrogens with zero attached hydrogens (tertiary/aromatic N) is 1. The van der Waals surface area contributed by atoms with Gasteiger partial charge in [-0.25, -0.2) is 0 Å². The number of hydrogen-bond donors (Lipinski definition) is 2. The molecule has 0 aliphatic carbocycles. The van der Waals surface area contributed by atoms with Gasteiger partial charge in [0.25, 0.3) is 0 Å². The van der Waals surface area contributed by atoms with Gasteiger partial charge < -0.3 is 5.73 Å². The first kappa shape index (κ1) is 9.88. The Hall–Kier alpha value is -0.120. The minimum absolute atomic E-state index is 0.00926. The van der Waals surface area contributed by atoms with Crippen LogP contribution in [0.25, 0.3) is 0 Å². The van der Waals surface area contributed by atoms with Crippen molar-refractivity contribution < 1.29 is 0 Å². The average Bonchev–Trinajstić information content (AvgIpc) is 1.85. The van der Waals surface area contributed by atoms with E-state index >= 15 is 0 Å². The van der Waals surface area contributed by atoms with Crippen molar-refractivity contribution in [3.63, 3.8) is 0 Å². The van der Waals surface area contributed by atoms with E-state index in [4.69, 9.17) is 5.73 Å². The fourth-order valence-electron chi connectivity index (χ4n) is 0.665. The zero-order valence-corrected chi connectivity index (χ0v) is 7.39. The molecular weight excluding hydrogens is 126 g/mol. The highest BCUT2D eigenvalue weighted by molar-refractivity contribution is 4.60. The Labute approximate surface area is 63.6 Å². The molecule has 62 valence electrons. The smallest absolute Gasteiger partial charge is 0.111 e. The van der Waals surface area contributed by atoms with Gasteiger partial charge in [-0.15, -0.1) is 0 Å². The maximum absolute atomic E-state index is 5.74. The number of nitrogens with one attached hydrogen (secondary N) is 1. The molecular formula is C7H19N3. The zero-order chi connectivity index (χ0) is 8.15. The van der Waals surface area contributed by atoms with E-state index in [1.807, 2.05) is 7.05 Å². The molecule has 1 unspecified atom stereocenters. The van der Waals surface area contributed by atoms with Crippen molar-refractivity contribution in [1.82, 2.24) is 10.2 Å². The molecule has 0 spiro atoms. The lowest BCUT2D eigenvalue weighted by Gasteiger charge is -2.25. The molecule has 0 saturated heterocycles. The number of rotatable bonds is 4. The molecule has 0 aromatic rings. The van der Waals surface area contributed by atoms with Crippen LogP contribution in [0.3, 0.4) is 0 Å². The van der Waals surface area contributed by atoms with Crippen LogP contribution < -0.4 is 11.1 Å². The third-order valence-electron chi connectivity index (χ3n) is 1.48. The summed E-state index contributed by atoms with van der Waals surface area (Å²) >= 11 is 0. The second kappa shape index (κ2) is 4.66. The molecule has 0 aromatic heterocycles. The third-order valence-corrected chi connectivity index (χ3v) is 1.48. The maximum Gasteiger partial charge on any atom is 0.111 e. The van der Waals surface area contributed by atoms with E-state index in [1.165, 1.54) is 0 Å². The summed E-state index contributed by atoms with van der Waals surface area (Å²) in [5.74, 6) is 0. The molecule has 0 aliphatic heterocycles. The Morgan fingerprint density at radius 2 is 2.00 bits per heavy atom. The lowest BCUT2D eigenvalue weighted by molar-refractivity contribution is 0.207. The van der Waals surface area contributed by atoms with Gasteiger partial charge in [-0.3, -0.25) is 10.2 Å². The highest BCUT2D eigenvalue weighted by Gasteiger charge is 2.06. The summed E-state index contributed by atoms with van der Waals surface area (Å²) in [6, 6.07) is 0.448. The normalized spacial score (nSPS) is 14.7. The van der Waals surface area contributed by atoms with Gasteiger partial charge in [-0.2, -0.15) is 0 Å². The Morgan fingerprint density at radius 3 is 2.30 bits per heavy atom. The molecule has 3 nitrogen and oxygen atoms in total. The summed E-state index contributed by atoms with van der Waals surface area (Å²) in [5.41, 5.74) is 5.74. The molecule has 0 fully saturated rings. The first-order valence-corrected chi connectivity index (χ1v) is 3.79. The summed E-state index contributed by atoms with van der Waals surface area (Å²) in [6.07, 6.45) is -0.00926. The van der Waals surface area contributed by atoms with Gasteiger partial charge in [0.15, 0.2) is 0 Å². The van der Waals surface area contributed by atoms with Crippen molar-refractivity contribution in [3.8, 4) is 0 Å². The lowest BCUT2D eigenvalue weighted by atomic mass is 10.4. The molecule has 0 aromatic carbocycles. The van der Waals surface area contributed by atoms with Crippen molar-refractivity contribution in [2.45, 2.75) is 33.1 Å². The van der Waals surface area contributed by atoms with E-state index in [0.717, 1.165) is 6.54 Å². The first-order chi connectivity index (χ1) is 4.57. The zero-order valence-electron chi connectivity index (χ0n) is 7.39. The summed E-state index contributed by atoms with van der Waals surface area (Å²) in [6.45, 7) is 7.23. The first-order valence-electron chi connectivity index (χ1n) is 3.79. The summed E-state index contributed by atoms with van der Waals surface area (Å²) in [4.78, 5) is 2.06. The SMILES string of the molecule is CCN(C)C(N)NC(C)C. The second-order valence-electron chi connectivity index (χ2n) is 2.84. The van der Waals surface area contributed by atoms with Crippen LogP contribution in [0.2, 0.25) is 0 Å². The highest BCUT2D eigenvalue weighted by atomic mass is 15.3. The van der Waals surface area contributed by atoms with E-state index in [0.29, 0.717) is 6.04 Å². The Bertz CT molecular complexity index is 82.9. The maximum atomic E-state index is 5.74. The quantitative estimate of drug-likeness (QED) is 0.554. The van der Waals surface area contributed by atoms with Crippen molar-refractivity contribution >= 4 is 0 Å². The van der Waals surface area contributed by atoms with Crippen LogP contribution in [-0.4, -0.2) is 30.8 Å². The molecule has 1 atom stereocenters. The standard InChI is InChI=1S/C7H19N3/c1-5-10(4)7(8)9-6(2)3/h6-7,9H,5,8H2,1-4H3. The third kappa shape index (κ3) is 3.82. The predicted molar refractivity (Wildman–Crippen MR) is 44.6 cm³/mol. The van der Waals surface area contributed by atoms with Crippen molar-refractivity contribution in [3.05, 3.63) is 0 Å². The minimum atomic E-state index is -0.00926. The molecule has 0 heterocycles. The van der Waals surface area contributed by atoms with Gasteiger partial charge in [0.1, 0.15) is 6.29 Å². The van der Waals surface area contributed by atoms with Crippen LogP contribution in [0.1, 0.15) is 20.8 Å². The fourth-order valence-corrected chi connectivity index (χ4v) is 0.665. The predicted octanol–water partition coefficient (Wildman–Crippen LogP) is 0.178. The number of hydrogen-bond acceptors (Lipinski definition) is 3. The average molecular weight is 145 g/mol. The highest BCUT2D eigenvalue weighted by Crippen LogP contribution is 1.85. The Balaban J connectivity index is 3.50.